The smallest absolute Gasteiger partial charge is 0.0292 e. The van der Waals surface area contributed by atoms with E-state index in [2.05, 4.69) is 6.08 Å². The van der Waals surface area contributed by atoms with Crippen molar-refractivity contribution < 1.29 is 0 Å². The molecule has 3 aliphatic carbocycles. The lowest BCUT2D eigenvalue weighted by atomic mass is 9.68. The van der Waals surface area contributed by atoms with Crippen molar-refractivity contribution in [3.8, 4) is 0 Å². The van der Waals surface area contributed by atoms with Crippen LogP contribution in [0.2, 0.25) is 0 Å². The van der Waals surface area contributed by atoms with Crippen LogP contribution in [0, 0.1) is 17.8 Å². The highest BCUT2D eigenvalue weighted by Crippen LogP contribution is 2.43. The molecule has 0 heteroatoms. The van der Waals surface area contributed by atoms with Crippen molar-refractivity contribution in [1.82, 2.24) is 0 Å². The topological polar surface area (TPSA) is 0 Å². The number of rotatable bonds is 0. The average Bonchev–Trinajstić information content (AvgIpc) is 2.27. The fraction of sp³-hybridized carbons (Fsp3) is 0.867. The molecule has 0 nitrogen and oxygen atoms in total. The van der Waals surface area contributed by atoms with E-state index >= 15 is 0 Å². The quantitative estimate of drug-likeness (QED) is 0.502. The molecule has 2 bridgehead atoms. The molecular formula is C15H24. The molecule has 2 saturated carbocycles. The average molecular weight is 204 g/mol. The predicted molar refractivity (Wildman–Crippen MR) is 64.7 cm³/mol. The summed E-state index contributed by atoms with van der Waals surface area (Å²) in [6, 6.07) is 0. The Balaban J connectivity index is 1.74. The summed E-state index contributed by atoms with van der Waals surface area (Å²) in [6.07, 6.45) is 17.6. The van der Waals surface area contributed by atoms with Crippen molar-refractivity contribution in [2.24, 2.45) is 17.8 Å². The molecule has 3 atom stereocenters. The maximum Gasteiger partial charge on any atom is -0.0292 e. The first-order chi connectivity index (χ1) is 7.42. The molecule has 0 aromatic rings. The molecule has 0 aliphatic heterocycles. The molecule has 0 spiro atoms. The van der Waals surface area contributed by atoms with E-state index in [4.69, 9.17) is 0 Å². The Bertz CT molecular complexity index is 251. The van der Waals surface area contributed by atoms with Gasteiger partial charge in [0.2, 0.25) is 0 Å². The van der Waals surface area contributed by atoms with E-state index in [-0.39, 0.29) is 0 Å². The molecule has 3 aliphatic rings. The maximum atomic E-state index is 2.56. The highest BCUT2D eigenvalue weighted by Gasteiger charge is 2.30. The van der Waals surface area contributed by atoms with Gasteiger partial charge >= 0.3 is 0 Å². The van der Waals surface area contributed by atoms with Crippen LogP contribution < -0.4 is 0 Å². The van der Waals surface area contributed by atoms with Crippen LogP contribution in [0.25, 0.3) is 0 Å². The van der Waals surface area contributed by atoms with Gasteiger partial charge in [-0.15, -0.1) is 0 Å². The first-order valence-electron chi connectivity index (χ1n) is 7.10. The summed E-state index contributed by atoms with van der Waals surface area (Å²) in [4.78, 5) is 0. The van der Waals surface area contributed by atoms with Crippen LogP contribution >= 0.6 is 0 Å². The summed E-state index contributed by atoms with van der Waals surface area (Å²) < 4.78 is 0. The van der Waals surface area contributed by atoms with Gasteiger partial charge in [0.1, 0.15) is 0 Å². The second kappa shape index (κ2) is 4.31. The number of fused-ring (bicyclic) bond motifs is 3. The highest BCUT2D eigenvalue weighted by molar-refractivity contribution is 5.08. The molecule has 3 unspecified atom stereocenters. The SMILES string of the molecule is C1=C2CCC3CCCCC3CC(CC1)C2. The summed E-state index contributed by atoms with van der Waals surface area (Å²) in [5.74, 6) is 3.28. The molecular weight excluding hydrogens is 180 g/mol. The maximum absolute atomic E-state index is 2.56. The zero-order valence-corrected chi connectivity index (χ0v) is 9.88. The zero-order valence-electron chi connectivity index (χ0n) is 9.88. The molecule has 0 aromatic heterocycles. The second-order valence-corrected chi connectivity index (χ2v) is 6.09. The van der Waals surface area contributed by atoms with E-state index < -0.39 is 0 Å². The van der Waals surface area contributed by atoms with Crippen molar-refractivity contribution in [2.45, 2.75) is 64.2 Å². The van der Waals surface area contributed by atoms with Gasteiger partial charge in [-0.05, 0) is 56.3 Å². The molecule has 0 amide bonds. The Hall–Kier alpha value is -0.260. The lowest BCUT2D eigenvalue weighted by molar-refractivity contribution is 0.167. The third-order valence-electron chi connectivity index (χ3n) is 5.10. The minimum Gasteiger partial charge on any atom is -0.0853 e. The van der Waals surface area contributed by atoms with Gasteiger partial charge in [0, 0.05) is 0 Å². The van der Waals surface area contributed by atoms with Crippen molar-refractivity contribution in [3.63, 3.8) is 0 Å². The molecule has 15 heavy (non-hydrogen) atoms. The number of allylic oxidation sites excluding steroid dienone is 2. The third-order valence-corrected chi connectivity index (χ3v) is 5.10. The Morgan fingerprint density at radius 1 is 0.933 bits per heavy atom. The summed E-state index contributed by atoms with van der Waals surface area (Å²) >= 11 is 0. The Labute approximate surface area is 94.1 Å². The van der Waals surface area contributed by atoms with Gasteiger partial charge in [-0.2, -0.15) is 0 Å². The van der Waals surface area contributed by atoms with E-state index in [1.807, 2.05) is 5.57 Å². The van der Waals surface area contributed by atoms with Gasteiger partial charge < -0.3 is 0 Å². The van der Waals surface area contributed by atoms with Gasteiger partial charge in [0.15, 0.2) is 0 Å². The summed E-state index contributed by atoms with van der Waals surface area (Å²) in [5, 5.41) is 0. The van der Waals surface area contributed by atoms with Crippen LogP contribution in [0.5, 0.6) is 0 Å². The van der Waals surface area contributed by atoms with E-state index in [9.17, 15) is 0 Å². The van der Waals surface area contributed by atoms with E-state index in [0.717, 1.165) is 17.8 Å². The first kappa shape index (κ1) is 9.93. The van der Waals surface area contributed by atoms with Crippen LogP contribution in [0.15, 0.2) is 11.6 Å². The van der Waals surface area contributed by atoms with E-state index in [1.165, 1.54) is 44.9 Å². The standard InChI is InChI=1S/C15H24/c1-2-7-15-11-13-5-3-4-12(10-13)8-9-14(15)6-1/h4,13-15H,1-3,5-11H2. The molecule has 84 valence electrons. The Morgan fingerprint density at radius 3 is 2.73 bits per heavy atom. The van der Waals surface area contributed by atoms with Crippen LogP contribution in [0.1, 0.15) is 64.2 Å². The van der Waals surface area contributed by atoms with Gasteiger partial charge in [-0.25, -0.2) is 0 Å². The van der Waals surface area contributed by atoms with Gasteiger partial charge in [-0.1, -0.05) is 37.3 Å². The van der Waals surface area contributed by atoms with Crippen LogP contribution in [-0.4, -0.2) is 0 Å². The molecule has 0 aromatic carbocycles. The van der Waals surface area contributed by atoms with E-state index in [1.54, 1.807) is 19.3 Å². The molecule has 0 saturated heterocycles. The van der Waals surface area contributed by atoms with Gasteiger partial charge in [0.05, 0.1) is 0 Å². The van der Waals surface area contributed by atoms with Crippen LogP contribution in [0.4, 0.5) is 0 Å². The summed E-state index contributed by atoms with van der Waals surface area (Å²) in [5.41, 5.74) is 1.82. The van der Waals surface area contributed by atoms with Crippen molar-refractivity contribution in [1.29, 1.82) is 0 Å². The second-order valence-electron chi connectivity index (χ2n) is 6.09. The molecule has 0 N–H and O–H groups in total. The summed E-state index contributed by atoms with van der Waals surface area (Å²) in [7, 11) is 0. The molecule has 0 heterocycles. The van der Waals surface area contributed by atoms with Crippen LogP contribution in [0.3, 0.4) is 0 Å². The van der Waals surface area contributed by atoms with Crippen molar-refractivity contribution in [3.05, 3.63) is 11.6 Å². The molecule has 3 rings (SSSR count). The van der Waals surface area contributed by atoms with Crippen molar-refractivity contribution >= 4 is 0 Å². The third kappa shape index (κ3) is 2.14. The van der Waals surface area contributed by atoms with E-state index in [0.29, 0.717) is 0 Å². The minimum absolute atomic E-state index is 1.07. The highest BCUT2D eigenvalue weighted by atomic mass is 14.4. The lowest BCUT2D eigenvalue weighted by Crippen LogP contribution is -2.25. The largest absolute Gasteiger partial charge is 0.0853 e. The Morgan fingerprint density at radius 2 is 1.80 bits per heavy atom. The first-order valence-corrected chi connectivity index (χ1v) is 7.10. The lowest BCUT2D eigenvalue weighted by Gasteiger charge is -2.38. The fourth-order valence-electron chi connectivity index (χ4n) is 4.26. The predicted octanol–water partition coefficient (Wildman–Crippen LogP) is 4.70. The molecule has 0 radical (unpaired) electrons. The van der Waals surface area contributed by atoms with Crippen LogP contribution in [-0.2, 0) is 0 Å². The zero-order chi connectivity index (χ0) is 10.1. The normalized spacial score (nSPS) is 41.1. The van der Waals surface area contributed by atoms with Gasteiger partial charge in [-0.3, -0.25) is 0 Å². The fourth-order valence-corrected chi connectivity index (χ4v) is 4.26. The number of hydrogen-bond donors (Lipinski definition) is 0. The minimum atomic E-state index is 1.07. The van der Waals surface area contributed by atoms with Gasteiger partial charge in [0.25, 0.3) is 0 Å². The summed E-state index contributed by atoms with van der Waals surface area (Å²) in [6.45, 7) is 0. The van der Waals surface area contributed by atoms with Crippen molar-refractivity contribution in [2.75, 3.05) is 0 Å². The number of hydrogen-bond acceptors (Lipinski definition) is 0. The monoisotopic (exact) mass is 204 g/mol. The Kier molecular flexibility index (Phi) is 2.86. The molecule has 2 fully saturated rings.